The number of aryl methyl sites for hydroxylation is 2. The van der Waals surface area contributed by atoms with Gasteiger partial charge in [-0.1, -0.05) is 48.5 Å². The third kappa shape index (κ3) is 4.44. The van der Waals surface area contributed by atoms with Crippen molar-refractivity contribution in [3.05, 3.63) is 70.8 Å². The second-order valence-electron chi connectivity index (χ2n) is 5.58. The molecule has 0 bridgehead atoms. The molecule has 0 spiro atoms. The Morgan fingerprint density at radius 1 is 0.958 bits per heavy atom. The molecule has 0 saturated carbocycles. The summed E-state index contributed by atoms with van der Waals surface area (Å²) in [6.45, 7) is 5.86. The molecule has 126 valence electrons. The fourth-order valence-electron chi connectivity index (χ4n) is 2.54. The van der Waals surface area contributed by atoms with Crippen LogP contribution in [0.25, 0.3) is 0 Å². The van der Waals surface area contributed by atoms with E-state index in [1.165, 1.54) is 0 Å². The third-order valence-electron chi connectivity index (χ3n) is 3.82. The van der Waals surface area contributed by atoms with Crippen molar-refractivity contribution in [2.45, 2.75) is 33.3 Å². The van der Waals surface area contributed by atoms with Crippen molar-refractivity contribution in [1.29, 1.82) is 0 Å². The third-order valence-corrected chi connectivity index (χ3v) is 3.82. The minimum Gasteiger partial charge on any atom is -0.463 e. The number of carbonyl (C=O) groups excluding carboxylic acids is 2. The number of hydrogen-bond donors (Lipinski definition) is 0. The first-order chi connectivity index (χ1) is 11.5. The minimum atomic E-state index is -1.04. The maximum absolute atomic E-state index is 12.4. The number of ether oxygens (including phenoxy) is 2. The number of hydrogen-bond acceptors (Lipinski definition) is 4. The van der Waals surface area contributed by atoms with Crippen LogP contribution in [0, 0.1) is 13.8 Å². The molecule has 2 aromatic rings. The summed E-state index contributed by atoms with van der Waals surface area (Å²) in [6.07, 6.45) is -0.913. The highest BCUT2D eigenvalue weighted by atomic mass is 16.6. The van der Waals surface area contributed by atoms with Crippen LogP contribution >= 0.6 is 0 Å². The summed E-state index contributed by atoms with van der Waals surface area (Å²) in [5, 5.41) is 0. The molecule has 0 radical (unpaired) electrons. The zero-order chi connectivity index (χ0) is 17.5. The molecule has 2 aromatic carbocycles. The monoisotopic (exact) mass is 326 g/mol. The Bertz CT molecular complexity index is 687. The van der Waals surface area contributed by atoms with Gasteiger partial charge in [-0.15, -0.1) is 0 Å². The Hall–Kier alpha value is -2.62. The van der Waals surface area contributed by atoms with E-state index in [-0.39, 0.29) is 13.0 Å². The van der Waals surface area contributed by atoms with Gasteiger partial charge in [0.05, 0.1) is 13.0 Å². The highest BCUT2D eigenvalue weighted by molar-refractivity contribution is 5.82. The highest BCUT2D eigenvalue weighted by Crippen LogP contribution is 2.21. The van der Waals surface area contributed by atoms with Crippen LogP contribution < -0.4 is 0 Å². The van der Waals surface area contributed by atoms with Gasteiger partial charge in [0.2, 0.25) is 6.10 Å². The summed E-state index contributed by atoms with van der Waals surface area (Å²) < 4.78 is 10.5. The van der Waals surface area contributed by atoms with Gasteiger partial charge in [-0.05, 0) is 37.5 Å². The first kappa shape index (κ1) is 17.7. The van der Waals surface area contributed by atoms with Gasteiger partial charge in [0, 0.05) is 5.56 Å². The van der Waals surface area contributed by atoms with E-state index in [1.807, 2.05) is 38.1 Å². The van der Waals surface area contributed by atoms with Gasteiger partial charge in [0.15, 0.2) is 0 Å². The van der Waals surface area contributed by atoms with Gasteiger partial charge in [0.1, 0.15) is 0 Å². The van der Waals surface area contributed by atoms with Gasteiger partial charge in [-0.25, -0.2) is 4.79 Å². The van der Waals surface area contributed by atoms with Crippen LogP contribution in [0.1, 0.15) is 35.3 Å². The zero-order valence-corrected chi connectivity index (χ0v) is 14.2. The average molecular weight is 326 g/mol. The fraction of sp³-hybridized carbons (Fsp3) is 0.300. The van der Waals surface area contributed by atoms with Crippen LogP contribution in [-0.4, -0.2) is 18.5 Å². The number of esters is 2. The van der Waals surface area contributed by atoms with Crippen LogP contribution in [0.3, 0.4) is 0 Å². The molecule has 0 heterocycles. The molecule has 4 nitrogen and oxygen atoms in total. The maximum atomic E-state index is 12.4. The van der Waals surface area contributed by atoms with E-state index in [4.69, 9.17) is 9.47 Å². The van der Waals surface area contributed by atoms with E-state index in [9.17, 15) is 9.59 Å². The molecular formula is C20H22O4. The molecule has 0 saturated heterocycles. The lowest BCUT2D eigenvalue weighted by atomic mass is 10.0. The van der Waals surface area contributed by atoms with Gasteiger partial charge in [-0.2, -0.15) is 0 Å². The first-order valence-corrected chi connectivity index (χ1v) is 7.99. The molecule has 0 aromatic heterocycles. The molecule has 24 heavy (non-hydrogen) atoms. The van der Waals surface area contributed by atoms with E-state index < -0.39 is 18.0 Å². The Morgan fingerprint density at radius 2 is 1.58 bits per heavy atom. The van der Waals surface area contributed by atoms with E-state index in [1.54, 1.807) is 31.2 Å². The maximum Gasteiger partial charge on any atom is 0.352 e. The quantitative estimate of drug-likeness (QED) is 0.760. The van der Waals surface area contributed by atoms with Crippen molar-refractivity contribution in [3.63, 3.8) is 0 Å². The molecule has 0 fully saturated rings. The number of benzene rings is 2. The van der Waals surface area contributed by atoms with E-state index >= 15 is 0 Å². The second kappa shape index (κ2) is 8.29. The van der Waals surface area contributed by atoms with Crippen LogP contribution in [0.15, 0.2) is 48.5 Å². The summed E-state index contributed by atoms with van der Waals surface area (Å²) >= 11 is 0. The largest absolute Gasteiger partial charge is 0.463 e. The number of rotatable bonds is 6. The molecular weight excluding hydrogens is 304 g/mol. The van der Waals surface area contributed by atoms with Crippen molar-refractivity contribution in [1.82, 2.24) is 0 Å². The van der Waals surface area contributed by atoms with Gasteiger partial charge in [0.25, 0.3) is 0 Å². The molecule has 0 aliphatic heterocycles. The van der Waals surface area contributed by atoms with Gasteiger partial charge < -0.3 is 9.47 Å². The standard InChI is InChI=1S/C20H22O4/c1-4-23-20(22)19(16-11-6-5-7-12-16)24-18(21)13-17-14(2)9-8-10-15(17)3/h5-12,19H,4,13H2,1-3H3. The van der Waals surface area contributed by atoms with Crippen molar-refractivity contribution in [2.75, 3.05) is 6.61 Å². The Kier molecular flexibility index (Phi) is 6.13. The van der Waals surface area contributed by atoms with Crippen molar-refractivity contribution < 1.29 is 19.1 Å². The zero-order valence-electron chi connectivity index (χ0n) is 14.2. The lowest BCUT2D eigenvalue weighted by molar-refractivity contribution is -0.167. The van der Waals surface area contributed by atoms with Crippen LogP contribution in [0.5, 0.6) is 0 Å². The molecule has 0 N–H and O–H groups in total. The van der Waals surface area contributed by atoms with E-state index in [2.05, 4.69) is 0 Å². The minimum absolute atomic E-state index is 0.126. The average Bonchev–Trinajstić information content (AvgIpc) is 2.57. The molecule has 0 aliphatic rings. The smallest absolute Gasteiger partial charge is 0.352 e. The van der Waals surface area contributed by atoms with Crippen molar-refractivity contribution in [2.24, 2.45) is 0 Å². The number of carbonyl (C=O) groups is 2. The molecule has 2 rings (SSSR count). The summed E-state index contributed by atoms with van der Waals surface area (Å²) in [5.74, 6) is -1.01. The SMILES string of the molecule is CCOC(=O)C(OC(=O)Cc1c(C)cccc1C)c1ccccc1. The van der Waals surface area contributed by atoms with E-state index in [0.29, 0.717) is 5.56 Å². The predicted molar refractivity (Wildman–Crippen MR) is 91.5 cm³/mol. The molecule has 0 amide bonds. The molecule has 0 aliphatic carbocycles. The Labute approximate surface area is 142 Å². The summed E-state index contributed by atoms with van der Waals surface area (Å²) in [7, 11) is 0. The predicted octanol–water partition coefficient (Wildman–Crippen LogP) is 3.69. The topological polar surface area (TPSA) is 52.6 Å². The van der Waals surface area contributed by atoms with Gasteiger partial charge in [-0.3, -0.25) is 4.79 Å². The van der Waals surface area contributed by atoms with Crippen molar-refractivity contribution >= 4 is 11.9 Å². The van der Waals surface area contributed by atoms with Crippen molar-refractivity contribution in [3.8, 4) is 0 Å². The second-order valence-corrected chi connectivity index (χ2v) is 5.58. The van der Waals surface area contributed by atoms with Crippen LogP contribution in [-0.2, 0) is 25.5 Å². The lowest BCUT2D eigenvalue weighted by Crippen LogP contribution is -2.23. The Balaban J connectivity index is 2.17. The van der Waals surface area contributed by atoms with E-state index in [0.717, 1.165) is 16.7 Å². The first-order valence-electron chi connectivity index (χ1n) is 7.99. The van der Waals surface area contributed by atoms with Crippen LogP contribution in [0.4, 0.5) is 0 Å². The Morgan fingerprint density at radius 3 is 2.17 bits per heavy atom. The highest BCUT2D eigenvalue weighted by Gasteiger charge is 2.26. The molecule has 4 heteroatoms. The fourth-order valence-corrected chi connectivity index (χ4v) is 2.54. The molecule has 1 atom stereocenters. The summed E-state index contributed by atoms with van der Waals surface area (Å²) in [4.78, 5) is 24.5. The van der Waals surface area contributed by atoms with Crippen LogP contribution in [0.2, 0.25) is 0 Å². The molecule has 1 unspecified atom stereocenters. The normalized spacial score (nSPS) is 11.6. The summed E-state index contributed by atoms with van der Waals surface area (Å²) in [6, 6.07) is 14.8. The summed E-state index contributed by atoms with van der Waals surface area (Å²) in [5.41, 5.74) is 3.59. The van der Waals surface area contributed by atoms with Gasteiger partial charge >= 0.3 is 11.9 Å². The lowest BCUT2D eigenvalue weighted by Gasteiger charge is -2.17.